The van der Waals surface area contributed by atoms with Crippen molar-refractivity contribution in [2.24, 2.45) is 0 Å². The highest BCUT2D eigenvalue weighted by atomic mass is 35.5. The number of halogens is 1. The zero-order chi connectivity index (χ0) is 19.1. The molecule has 0 unspecified atom stereocenters. The van der Waals surface area contributed by atoms with Gasteiger partial charge in [0.15, 0.2) is 5.65 Å². The van der Waals surface area contributed by atoms with Crippen molar-refractivity contribution < 1.29 is 4.74 Å². The number of anilines is 1. The number of rotatable bonds is 3. The molecule has 4 aromatic rings. The van der Waals surface area contributed by atoms with Gasteiger partial charge in [-0.2, -0.15) is 0 Å². The summed E-state index contributed by atoms with van der Waals surface area (Å²) in [6.07, 6.45) is 4.94. The number of benzene rings is 1. The number of aromatic amines is 1. The molecule has 0 bridgehead atoms. The Balaban J connectivity index is 1.90. The van der Waals surface area contributed by atoms with Crippen LogP contribution in [0.25, 0.3) is 33.7 Å². The van der Waals surface area contributed by atoms with Crippen molar-refractivity contribution >= 4 is 28.7 Å². The molecular weight excluding hydrogens is 364 g/mol. The van der Waals surface area contributed by atoms with Gasteiger partial charge < -0.3 is 15.5 Å². The minimum absolute atomic E-state index is 0.206. The van der Waals surface area contributed by atoms with E-state index in [0.29, 0.717) is 27.6 Å². The van der Waals surface area contributed by atoms with E-state index in [0.717, 1.165) is 28.0 Å². The summed E-state index contributed by atoms with van der Waals surface area (Å²) in [4.78, 5) is 20.2. The first-order valence-corrected chi connectivity index (χ1v) is 8.64. The number of imidazole rings is 1. The predicted octanol–water partition coefficient (Wildman–Crippen LogP) is 3.94. The Morgan fingerprint density at radius 2 is 1.81 bits per heavy atom. The second-order valence-electron chi connectivity index (χ2n) is 6.18. The van der Waals surface area contributed by atoms with Crippen LogP contribution >= 0.6 is 11.6 Å². The van der Waals surface area contributed by atoms with Gasteiger partial charge in [-0.15, -0.1) is 0 Å². The molecule has 0 amide bonds. The lowest BCUT2D eigenvalue weighted by Gasteiger charge is -2.14. The zero-order valence-corrected chi connectivity index (χ0v) is 15.8. The highest BCUT2D eigenvalue weighted by Crippen LogP contribution is 2.39. The molecule has 0 saturated heterocycles. The van der Waals surface area contributed by atoms with Crippen molar-refractivity contribution in [2.75, 3.05) is 12.8 Å². The minimum atomic E-state index is 0.206. The number of nitrogens with zero attached hydrogens (tertiary/aromatic N) is 4. The van der Waals surface area contributed by atoms with Crippen molar-refractivity contribution in [1.82, 2.24) is 24.9 Å². The first-order chi connectivity index (χ1) is 13.0. The molecule has 3 aromatic heterocycles. The van der Waals surface area contributed by atoms with Crippen LogP contribution in [0.3, 0.4) is 0 Å². The Labute approximate surface area is 160 Å². The molecule has 136 valence electrons. The van der Waals surface area contributed by atoms with E-state index in [-0.39, 0.29) is 5.95 Å². The van der Waals surface area contributed by atoms with Crippen LogP contribution in [0, 0.1) is 13.8 Å². The standard InChI is InChI=1S/C19H17ClN6O/c1-9-4-5-13(27-3)10(2)14(9)12-8-22-18-16(15(12)20)25-17(26-18)11-6-23-19(21)24-7-11/h4-8H,1-3H3,(H2,21,23,24)(H,22,25,26). The van der Waals surface area contributed by atoms with E-state index in [2.05, 4.69) is 24.9 Å². The topological polar surface area (TPSA) is 103 Å². The highest BCUT2D eigenvalue weighted by molar-refractivity contribution is 6.37. The summed E-state index contributed by atoms with van der Waals surface area (Å²) in [6, 6.07) is 3.95. The fraction of sp³-hybridized carbons (Fsp3) is 0.158. The normalized spacial score (nSPS) is 11.1. The van der Waals surface area contributed by atoms with Crippen molar-refractivity contribution in [3.05, 3.63) is 46.9 Å². The summed E-state index contributed by atoms with van der Waals surface area (Å²) in [7, 11) is 1.65. The Bertz CT molecular complexity index is 1150. The molecule has 27 heavy (non-hydrogen) atoms. The number of H-pyrrole nitrogens is 1. The molecule has 0 saturated carbocycles. The van der Waals surface area contributed by atoms with E-state index >= 15 is 0 Å². The van der Waals surface area contributed by atoms with Gasteiger partial charge >= 0.3 is 0 Å². The fourth-order valence-corrected chi connectivity index (χ4v) is 3.44. The summed E-state index contributed by atoms with van der Waals surface area (Å²) >= 11 is 6.74. The van der Waals surface area contributed by atoms with E-state index in [9.17, 15) is 0 Å². The van der Waals surface area contributed by atoms with Gasteiger partial charge in [0, 0.05) is 24.2 Å². The first-order valence-electron chi connectivity index (χ1n) is 8.26. The third-order valence-corrected chi connectivity index (χ3v) is 4.91. The third kappa shape index (κ3) is 2.86. The molecule has 3 N–H and O–H groups in total. The van der Waals surface area contributed by atoms with Gasteiger partial charge in [0.25, 0.3) is 0 Å². The van der Waals surface area contributed by atoms with Crippen LogP contribution in [0.1, 0.15) is 11.1 Å². The lowest BCUT2D eigenvalue weighted by atomic mass is 9.96. The van der Waals surface area contributed by atoms with Crippen molar-refractivity contribution in [3.63, 3.8) is 0 Å². The molecular formula is C19H17ClN6O. The number of nitrogens with one attached hydrogen (secondary N) is 1. The van der Waals surface area contributed by atoms with Crippen LogP contribution < -0.4 is 10.5 Å². The van der Waals surface area contributed by atoms with Crippen LogP contribution in [-0.2, 0) is 0 Å². The first kappa shape index (κ1) is 17.2. The van der Waals surface area contributed by atoms with Gasteiger partial charge in [-0.05, 0) is 36.6 Å². The van der Waals surface area contributed by atoms with Gasteiger partial charge in [-0.3, -0.25) is 0 Å². The number of aromatic nitrogens is 5. The van der Waals surface area contributed by atoms with Gasteiger partial charge in [-0.25, -0.2) is 19.9 Å². The number of nitrogen functional groups attached to an aromatic ring is 1. The fourth-order valence-electron chi connectivity index (χ4n) is 3.16. The Morgan fingerprint density at radius 1 is 1.07 bits per heavy atom. The van der Waals surface area contributed by atoms with Gasteiger partial charge in [0.05, 0.1) is 17.7 Å². The van der Waals surface area contributed by atoms with E-state index in [1.54, 1.807) is 25.7 Å². The highest BCUT2D eigenvalue weighted by Gasteiger charge is 2.18. The molecule has 0 fully saturated rings. The van der Waals surface area contributed by atoms with Crippen LogP contribution in [0.15, 0.2) is 30.7 Å². The molecule has 0 radical (unpaired) electrons. The second-order valence-corrected chi connectivity index (χ2v) is 6.56. The molecule has 0 spiro atoms. The number of aryl methyl sites for hydroxylation is 1. The summed E-state index contributed by atoms with van der Waals surface area (Å²) in [5.41, 5.74) is 11.3. The molecule has 3 heterocycles. The maximum absolute atomic E-state index is 6.74. The van der Waals surface area contributed by atoms with E-state index in [4.69, 9.17) is 22.1 Å². The number of pyridine rings is 1. The number of hydrogen-bond acceptors (Lipinski definition) is 6. The number of methoxy groups -OCH3 is 1. The van der Waals surface area contributed by atoms with Crippen LogP contribution in [0.4, 0.5) is 5.95 Å². The SMILES string of the molecule is COc1ccc(C)c(-c2cnc3nc(-c4cnc(N)nc4)[nH]c3c2Cl)c1C. The molecule has 0 aliphatic rings. The summed E-state index contributed by atoms with van der Waals surface area (Å²) in [5, 5.41) is 0.551. The number of fused-ring (bicyclic) bond motifs is 1. The van der Waals surface area contributed by atoms with Gasteiger partial charge in [-0.1, -0.05) is 17.7 Å². The summed E-state index contributed by atoms with van der Waals surface area (Å²) < 4.78 is 5.45. The van der Waals surface area contributed by atoms with E-state index < -0.39 is 0 Å². The number of ether oxygens (including phenoxy) is 1. The Hall–Kier alpha value is -3.19. The zero-order valence-electron chi connectivity index (χ0n) is 15.0. The largest absolute Gasteiger partial charge is 0.496 e. The second kappa shape index (κ2) is 6.51. The van der Waals surface area contributed by atoms with Crippen molar-refractivity contribution in [3.8, 4) is 28.3 Å². The van der Waals surface area contributed by atoms with Crippen molar-refractivity contribution in [2.45, 2.75) is 13.8 Å². The monoisotopic (exact) mass is 380 g/mol. The quantitative estimate of drug-likeness (QED) is 0.558. The summed E-state index contributed by atoms with van der Waals surface area (Å²) in [6.45, 7) is 4.04. The minimum Gasteiger partial charge on any atom is -0.496 e. The average Bonchev–Trinajstić information content (AvgIpc) is 3.09. The smallest absolute Gasteiger partial charge is 0.219 e. The maximum atomic E-state index is 6.74. The number of nitrogens with two attached hydrogens (primary N) is 1. The Kier molecular flexibility index (Phi) is 4.16. The van der Waals surface area contributed by atoms with Crippen LogP contribution in [-0.4, -0.2) is 32.0 Å². The molecule has 4 rings (SSSR count). The van der Waals surface area contributed by atoms with Crippen LogP contribution in [0.5, 0.6) is 5.75 Å². The maximum Gasteiger partial charge on any atom is 0.219 e. The van der Waals surface area contributed by atoms with Crippen molar-refractivity contribution in [1.29, 1.82) is 0 Å². The van der Waals surface area contributed by atoms with Crippen LogP contribution in [0.2, 0.25) is 5.02 Å². The molecule has 0 atom stereocenters. The third-order valence-electron chi connectivity index (χ3n) is 4.51. The Morgan fingerprint density at radius 3 is 2.52 bits per heavy atom. The predicted molar refractivity (Wildman–Crippen MR) is 106 cm³/mol. The average molecular weight is 381 g/mol. The van der Waals surface area contributed by atoms with Gasteiger partial charge in [0.1, 0.15) is 17.1 Å². The molecule has 8 heteroatoms. The number of hydrogen-bond donors (Lipinski definition) is 2. The summed E-state index contributed by atoms with van der Waals surface area (Å²) in [5.74, 6) is 1.59. The lowest BCUT2D eigenvalue weighted by molar-refractivity contribution is 0.412. The molecule has 1 aromatic carbocycles. The van der Waals surface area contributed by atoms with Gasteiger partial charge in [0.2, 0.25) is 5.95 Å². The molecule has 0 aliphatic carbocycles. The van der Waals surface area contributed by atoms with E-state index in [1.807, 2.05) is 26.0 Å². The van der Waals surface area contributed by atoms with E-state index in [1.165, 1.54) is 0 Å². The molecule has 7 nitrogen and oxygen atoms in total. The lowest BCUT2D eigenvalue weighted by Crippen LogP contribution is -1.95. The molecule has 0 aliphatic heterocycles.